The van der Waals surface area contributed by atoms with Crippen LogP contribution in [0.1, 0.15) is 0 Å². The second-order valence-electron chi connectivity index (χ2n) is 0.917. The number of nitrogens with zero attached hydrogens (tertiary/aromatic N) is 2. The van der Waals surface area contributed by atoms with Crippen molar-refractivity contribution < 1.29 is 0 Å². The molecule has 0 bridgehead atoms. The number of aromatic amines is 1. The molecule has 0 fully saturated rings. The highest BCUT2D eigenvalue weighted by atomic mass is 79.9. The second kappa shape index (κ2) is 1.79. The zero-order chi connectivity index (χ0) is 5.28. The summed E-state index contributed by atoms with van der Waals surface area (Å²) in [6.45, 7) is 0. The van der Waals surface area contributed by atoms with Crippen molar-refractivity contribution in [3.8, 4) is 0 Å². The molecule has 0 atom stereocenters. The molecule has 1 aromatic heterocycles. The van der Waals surface area contributed by atoms with E-state index in [-0.39, 0.29) is 0 Å². The SMILES string of the molecule is Clc1[nH]nnc1Br. The van der Waals surface area contributed by atoms with E-state index in [0.29, 0.717) is 9.76 Å². The first-order valence-electron chi connectivity index (χ1n) is 1.53. The highest BCUT2D eigenvalue weighted by Crippen LogP contribution is 2.13. The quantitative estimate of drug-likeness (QED) is 0.655. The fourth-order valence-electron chi connectivity index (χ4n) is 0.203. The highest BCUT2D eigenvalue weighted by Gasteiger charge is 1.94. The summed E-state index contributed by atoms with van der Waals surface area (Å²) in [5.74, 6) is 0. The Labute approximate surface area is 53.2 Å². The maximum atomic E-state index is 5.40. The molecule has 1 heterocycles. The van der Waals surface area contributed by atoms with Crippen LogP contribution in [0.25, 0.3) is 0 Å². The highest BCUT2D eigenvalue weighted by molar-refractivity contribution is 9.10. The normalized spacial score (nSPS) is 9.43. The molecule has 0 spiro atoms. The average Bonchev–Trinajstić information content (AvgIpc) is 1.91. The predicted molar refractivity (Wildman–Crippen MR) is 29.1 cm³/mol. The monoisotopic (exact) mass is 181 g/mol. The molecule has 0 saturated heterocycles. The van der Waals surface area contributed by atoms with Crippen molar-refractivity contribution in [2.24, 2.45) is 0 Å². The lowest BCUT2D eigenvalue weighted by atomic mass is 10.9. The van der Waals surface area contributed by atoms with Crippen LogP contribution in [0.3, 0.4) is 0 Å². The number of aromatic nitrogens is 3. The van der Waals surface area contributed by atoms with E-state index in [1.165, 1.54) is 0 Å². The van der Waals surface area contributed by atoms with Crippen LogP contribution in [-0.2, 0) is 0 Å². The Morgan fingerprint density at radius 1 is 1.71 bits per heavy atom. The van der Waals surface area contributed by atoms with Crippen LogP contribution >= 0.6 is 27.5 Å². The van der Waals surface area contributed by atoms with E-state index in [9.17, 15) is 0 Å². The first-order valence-corrected chi connectivity index (χ1v) is 2.70. The summed E-state index contributed by atoms with van der Waals surface area (Å²) in [6.07, 6.45) is 0. The molecule has 38 valence electrons. The molecule has 0 aliphatic rings. The maximum Gasteiger partial charge on any atom is 0.167 e. The standard InChI is InChI=1S/C2HBrClN3/c3-1-2(4)6-7-5-1/h(H,5,6,7). The van der Waals surface area contributed by atoms with Crippen LogP contribution in [0.5, 0.6) is 0 Å². The minimum Gasteiger partial charge on any atom is -0.246 e. The van der Waals surface area contributed by atoms with Gasteiger partial charge >= 0.3 is 0 Å². The van der Waals surface area contributed by atoms with Gasteiger partial charge in [0.1, 0.15) is 0 Å². The molecule has 1 aromatic rings. The van der Waals surface area contributed by atoms with Gasteiger partial charge in [0.2, 0.25) is 0 Å². The molecule has 1 N–H and O–H groups in total. The molecule has 0 radical (unpaired) electrons. The van der Waals surface area contributed by atoms with Crippen molar-refractivity contribution in [2.75, 3.05) is 0 Å². The lowest BCUT2D eigenvalue weighted by Gasteiger charge is -1.70. The molecule has 3 nitrogen and oxygen atoms in total. The second-order valence-corrected chi connectivity index (χ2v) is 2.05. The molecule has 1 rings (SSSR count). The van der Waals surface area contributed by atoms with Gasteiger partial charge in [-0.25, -0.2) is 5.10 Å². The molecule has 0 saturated carbocycles. The molecular weight excluding hydrogens is 181 g/mol. The van der Waals surface area contributed by atoms with Gasteiger partial charge in [0, 0.05) is 0 Å². The smallest absolute Gasteiger partial charge is 0.167 e. The number of H-pyrrole nitrogens is 1. The Hall–Kier alpha value is -0.0900. The van der Waals surface area contributed by atoms with Crippen LogP contribution in [0.4, 0.5) is 0 Å². The fraction of sp³-hybridized carbons (Fsp3) is 0. The van der Waals surface area contributed by atoms with Crippen LogP contribution in [0.2, 0.25) is 5.15 Å². The van der Waals surface area contributed by atoms with E-state index >= 15 is 0 Å². The summed E-state index contributed by atoms with van der Waals surface area (Å²) in [7, 11) is 0. The molecule has 5 heteroatoms. The van der Waals surface area contributed by atoms with Crippen LogP contribution in [0.15, 0.2) is 4.60 Å². The lowest BCUT2D eigenvalue weighted by Crippen LogP contribution is -1.64. The van der Waals surface area contributed by atoms with Crippen LogP contribution < -0.4 is 0 Å². The van der Waals surface area contributed by atoms with Gasteiger partial charge in [0.15, 0.2) is 9.76 Å². The van der Waals surface area contributed by atoms with E-state index in [1.54, 1.807) is 0 Å². The van der Waals surface area contributed by atoms with Gasteiger partial charge in [-0.2, -0.15) is 0 Å². The predicted octanol–water partition coefficient (Wildman–Crippen LogP) is 1.22. The summed E-state index contributed by atoms with van der Waals surface area (Å²) in [5.41, 5.74) is 0. The molecule has 0 aliphatic heterocycles. The van der Waals surface area contributed by atoms with E-state index in [0.717, 1.165) is 0 Å². The van der Waals surface area contributed by atoms with Gasteiger partial charge in [0.25, 0.3) is 0 Å². The maximum absolute atomic E-state index is 5.40. The van der Waals surface area contributed by atoms with Crippen molar-refractivity contribution in [1.29, 1.82) is 0 Å². The van der Waals surface area contributed by atoms with Gasteiger partial charge < -0.3 is 0 Å². The minimum absolute atomic E-state index is 0.431. The Morgan fingerprint density at radius 2 is 2.43 bits per heavy atom. The van der Waals surface area contributed by atoms with E-state index < -0.39 is 0 Å². The summed E-state index contributed by atoms with van der Waals surface area (Å²) >= 11 is 8.43. The summed E-state index contributed by atoms with van der Waals surface area (Å²) in [4.78, 5) is 0. The van der Waals surface area contributed by atoms with Gasteiger partial charge in [-0.1, -0.05) is 16.8 Å². The van der Waals surface area contributed by atoms with Crippen LogP contribution in [0, 0.1) is 0 Å². The molecule has 0 aromatic carbocycles. The lowest BCUT2D eigenvalue weighted by molar-refractivity contribution is 0.934. The number of halogens is 2. The molecule has 7 heavy (non-hydrogen) atoms. The van der Waals surface area contributed by atoms with E-state index in [1.807, 2.05) is 0 Å². The summed E-state index contributed by atoms with van der Waals surface area (Å²) in [6, 6.07) is 0. The Balaban J connectivity index is 3.12. The summed E-state index contributed by atoms with van der Waals surface area (Å²) < 4.78 is 0.550. The third-order valence-electron chi connectivity index (χ3n) is 0.467. The van der Waals surface area contributed by atoms with E-state index in [2.05, 4.69) is 31.3 Å². The van der Waals surface area contributed by atoms with Gasteiger partial charge in [-0.15, -0.1) is 5.10 Å². The van der Waals surface area contributed by atoms with Crippen molar-refractivity contribution in [2.45, 2.75) is 0 Å². The molecule has 0 amide bonds. The summed E-state index contributed by atoms with van der Waals surface area (Å²) in [5, 5.41) is 9.72. The molecule has 0 unspecified atom stereocenters. The van der Waals surface area contributed by atoms with Gasteiger partial charge in [-0.3, -0.25) is 0 Å². The van der Waals surface area contributed by atoms with Crippen molar-refractivity contribution in [1.82, 2.24) is 15.4 Å². The van der Waals surface area contributed by atoms with Gasteiger partial charge in [0.05, 0.1) is 0 Å². The molecule has 0 aliphatic carbocycles. The largest absolute Gasteiger partial charge is 0.246 e. The average molecular weight is 182 g/mol. The van der Waals surface area contributed by atoms with Crippen LogP contribution in [-0.4, -0.2) is 15.4 Å². The Bertz CT molecular complexity index is 145. The van der Waals surface area contributed by atoms with E-state index in [4.69, 9.17) is 11.6 Å². The number of rotatable bonds is 0. The first kappa shape index (κ1) is 5.05. The van der Waals surface area contributed by atoms with Crippen molar-refractivity contribution in [3.05, 3.63) is 9.76 Å². The minimum atomic E-state index is 0.431. The van der Waals surface area contributed by atoms with Crippen molar-refractivity contribution >= 4 is 27.5 Å². The van der Waals surface area contributed by atoms with Crippen molar-refractivity contribution in [3.63, 3.8) is 0 Å². The third-order valence-corrected chi connectivity index (χ3v) is 1.51. The molecular formula is C2HBrClN3. The first-order chi connectivity index (χ1) is 3.30. The number of nitrogens with one attached hydrogen (secondary N) is 1. The zero-order valence-corrected chi connectivity index (χ0v) is 5.49. The Kier molecular flexibility index (Phi) is 1.30. The Morgan fingerprint density at radius 3 is 2.57 bits per heavy atom. The number of hydrogen-bond donors (Lipinski definition) is 1. The third kappa shape index (κ3) is 0.920. The fourth-order valence-corrected chi connectivity index (χ4v) is 0.446. The zero-order valence-electron chi connectivity index (χ0n) is 3.15. The topological polar surface area (TPSA) is 41.6 Å². The number of hydrogen-bond acceptors (Lipinski definition) is 2. The van der Waals surface area contributed by atoms with Gasteiger partial charge in [-0.05, 0) is 15.9 Å².